The molecule has 0 aliphatic rings. The van der Waals surface area contributed by atoms with Gasteiger partial charge in [-0.25, -0.2) is 9.97 Å². The van der Waals surface area contributed by atoms with Crippen LogP contribution in [-0.2, 0) is 0 Å². The van der Waals surface area contributed by atoms with Crippen LogP contribution in [0.2, 0.25) is 0 Å². The lowest BCUT2D eigenvalue weighted by atomic mass is 10.1. The summed E-state index contributed by atoms with van der Waals surface area (Å²) in [6.07, 6.45) is 1.46. The molecular weight excluding hydrogens is 202 g/mol. The molecule has 4 heteroatoms. The fourth-order valence-electron chi connectivity index (χ4n) is 1.58. The number of anilines is 1. The van der Waals surface area contributed by atoms with Crippen LogP contribution in [0.1, 0.15) is 5.56 Å². The van der Waals surface area contributed by atoms with Gasteiger partial charge in [-0.15, -0.1) is 0 Å². The molecule has 4 nitrogen and oxygen atoms in total. The first-order valence-electron chi connectivity index (χ1n) is 4.94. The third kappa shape index (κ3) is 1.69. The van der Waals surface area contributed by atoms with Crippen molar-refractivity contribution in [3.8, 4) is 17.0 Å². The van der Waals surface area contributed by atoms with Gasteiger partial charge in [0.25, 0.3) is 0 Å². The van der Waals surface area contributed by atoms with Gasteiger partial charge in [-0.2, -0.15) is 0 Å². The van der Waals surface area contributed by atoms with Gasteiger partial charge in [0, 0.05) is 11.1 Å². The number of hydrogen-bond acceptors (Lipinski definition) is 4. The van der Waals surface area contributed by atoms with Crippen LogP contribution in [0.15, 0.2) is 30.6 Å². The van der Waals surface area contributed by atoms with Gasteiger partial charge in [0.2, 0.25) is 0 Å². The molecule has 0 bridgehead atoms. The Balaban J connectivity index is 2.63. The lowest BCUT2D eigenvalue weighted by molar-refractivity contribution is 0.416. The van der Waals surface area contributed by atoms with Crippen LogP contribution < -0.4 is 10.5 Å². The normalized spacial score (nSPS) is 10.1. The fourth-order valence-corrected chi connectivity index (χ4v) is 1.58. The predicted molar refractivity (Wildman–Crippen MR) is 63.2 cm³/mol. The van der Waals surface area contributed by atoms with Crippen LogP contribution in [-0.4, -0.2) is 17.1 Å². The van der Waals surface area contributed by atoms with Crippen LogP contribution in [0, 0.1) is 6.92 Å². The van der Waals surface area contributed by atoms with E-state index in [1.165, 1.54) is 6.33 Å². The van der Waals surface area contributed by atoms with Gasteiger partial charge in [-0.3, -0.25) is 0 Å². The van der Waals surface area contributed by atoms with Gasteiger partial charge in [0.15, 0.2) is 0 Å². The molecule has 0 aliphatic heterocycles. The molecule has 0 saturated carbocycles. The van der Waals surface area contributed by atoms with E-state index in [0.29, 0.717) is 5.82 Å². The molecule has 1 aromatic heterocycles. The van der Waals surface area contributed by atoms with Crippen molar-refractivity contribution in [2.75, 3.05) is 12.8 Å². The van der Waals surface area contributed by atoms with Crippen LogP contribution in [0.25, 0.3) is 11.3 Å². The highest BCUT2D eigenvalue weighted by Crippen LogP contribution is 2.31. The van der Waals surface area contributed by atoms with Gasteiger partial charge in [-0.05, 0) is 19.1 Å². The maximum Gasteiger partial charge on any atom is 0.130 e. The molecule has 0 atom stereocenters. The minimum absolute atomic E-state index is 0.496. The van der Waals surface area contributed by atoms with Crippen molar-refractivity contribution in [2.45, 2.75) is 6.92 Å². The van der Waals surface area contributed by atoms with E-state index in [9.17, 15) is 0 Å². The van der Waals surface area contributed by atoms with Crippen LogP contribution >= 0.6 is 0 Å². The highest BCUT2D eigenvalue weighted by atomic mass is 16.5. The zero-order valence-electron chi connectivity index (χ0n) is 9.27. The number of hydrogen-bond donors (Lipinski definition) is 1. The number of nitrogens with zero attached hydrogens (tertiary/aromatic N) is 2. The first kappa shape index (κ1) is 10.4. The molecule has 0 fully saturated rings. The summed E-state index contributed by atoms with van der Waals surface area (Å²) in [4.78, 5) is 8.19. The summed E-state index contributed by atoms with van der Waals surface area (Å²) in [5, 5.41) is 0. The van der Waals surface area contributed by atoms with Gasteiger partial charge in [0.1, 0.15) is 17.9 Å². The third-order valence-electron chi connectivity index (χ3n) is 2.49. The molecule has 0 aliphatic carbocycles. The van der Waals surface area contributed by atoms with Gasteiger partial charge in [0.05, 0.1) is 12.8 Å². The zero-order valence-corrected chi connectivity index (χ0v) is 9.27. The Bertz CT molecular complexity index is 511. The smallest absolute Gasteiger partial charge is 0.130 e. The number of rotatable bonds is 2. The van der Waals surface area contributed by atoms with Crippen LogP contribution in [0.5, 0.6) is 5.75 Å². The largest absolute Gasteiger partial charge is 0.496 e. The van der Waals surface area contributed by atoms with E-state index >= 15 is 0 Å². The third-order valence-corrected chi connectivity index (χ3v) is 2.49. The molecule has 0 spiro atoms. The Hall–Kier alpha value is -2.10. The predicted octanol–water partition coefficient (Wildman–Crippen LogP) is 2.04. The van der Waals surface area contributed by atoms with E-state index in [1.54, 1.807) is 7.11 Å². The Morgan fingerprint density at radius 3 is 2.69 bits per heavy atom. The van der Waals surface area contributed by atoms with E-state index < -0.39 is 0 Å². The molecule has 82 valence electrons. The Morgan fingerprint density at radius 1 is 1.19 bits per heavy atom. The van der Waals surface area contributed by atoms with Crippen molar-refractivity contribution in [2.24, 2.45) is 0 Å². The van der Waals surface area contributed by atoms with Crippen LogP contribution in [0.3, 0.4) is 0 Å². The molecule has 2 rings (SSSR count). The van der Waals surface area contributed by atoms with Crippen molar-refractivity contribution < 1.29 is 4.74 Å². The summed E-state index contributed by atoms with van der Waals surface area (Å²) in [5.74, 6) is 1.28. The lowest BCUT2D eigenvalue weighted by Crippen LogP contribution is -1.99. The number of methoxy groups -OCH3 is 1. The van der Waals surface area contributed by atoms with E-state index in [4.69, 9.17) is 10.5 Å². The first-order valence-corrected chi connectivity index (χ1v) is 4.94. The SMILES string of the molecule is COc1ccccc1-c1ncnc(N)c1C. The Labute approximate surface area is 94.1 Å². The van der Waals surface area contributed by atoms with Gasteiger partial charge >= 0.3 is 0 Å². The van der Waals surface area contributed by atoms with Gasteiger partial charge in [-0.1, -0.05) is 12.1 Å². The summed E-state index contributed by atoms with van der Waals surface area (Å²) < 4.78 is 5.29. The highest BCUT2D eigenvalue weighted by Gasteiger charge is 2.10. The van der Waals surface area contributed by atoms with Crippen LogP contribution in [0.4, 0.5) is 5.82 Å². The molecule has 1 aromatic carbocycles. The summed E-state index contributed by atoms with van der Waals surface area (Å²) in [5.41, 5.74) is 8.36. The molecular formula is C12H13N3O. The maximum absolute atomic E-state index is 5.76. The molecule has 0 unspecified atom stereocenters. The Kier molecular flexibility index (Phi) is 2.72. The second-order valence-electron chi connectivity index (χ2n) is 3.43. The summed E-state index contributed by atoms with van der Waals surface area (Å²) in [6, 6.07) is 7.71. The number of ether oxygens (including phenoxy) is 1. The van der Waals surface area contributed by atoms with E-state index in [2.05, 4.69) is 9.97 Å². The number of aromatic nitrogens is 2. The van der Waals surface area contributed by atoms with Gasteiger partial charge < -0.3 is 10.5 Å². The minimum Gasteiger partial charge on any atom is -0.496 e. The monoisotopic (exact) mass is 215 g/mol. The molecule has 0 radical (unpaired) electrons. The second kappa shape index (κ2) is 4.18. The second-order valence-corrected chi connectivity index (χ2v) is 3.43. The maximum atomic E-state index is 5.76. The summed E-state index contributed by atoms with van der Waals surface area (Å²) >= 11 is 0. The number of para-hydroxylation sites is 1. The highest BCUT2D eigenvalue weighted by molar-refractivity contribution is 5.72. The lowest BCUT2D eigenvalue weighted by Gasteiger charge is -2.10. The summed E-state index contributed by atoms with van der Waals surface area (Å²) in [7, 11) is 1.64. The minimum atomic E-state index is 0.496. The molecule has 16 heavy (non-hydrogen) atoms. The number of benzene rings is 1. The van der Waals surface area contributed by atoms with E-state index in [0.717, 1.165) is 22.6 Å². The topological polar surface area (TPSA) is 61.0 Å². The van der Waals surface area contributed by atoms with Crippen molar-refractivity contribution in [3.63, 3.8) is 0 Å². The molecule has 2 aromatic rings. The molecule has 2 N–H and O–H groups in total. The first-order chi connectivity index (χ1) is 7.74. The summed E-state index contributed by atoms with van der Waals surface area (Å²) in [6.45, 7) is 1.90. The molecule has 0 saturated heterocycles. The van der Waals surface area contributed by atoms with Crippen molar-refractivity contribution in [3.05, 3.63) is 36.2 Å². The number of nitrogens with two attached hydrogens (primary N) is 1. The van der Waals surface area contributed by atoms with Crippen molar-refractivity contribution >= 4 is 5.82 Å². The number of nitrogen functional groups attached to an aromatic ring is 1. The standard InChI is InChI=1S/C12H13N3O/c1-8-11(14-7-15-12(8)13)9-5-3-4-6-10(9)16-2/h3-7H,1-2H3,(H2,13,14,15). The van der Waals surface area contributed by atoms with Crippen molar-refractivity contribution in [1.82, 2.24) is 9.97 Å². The quantitative estimate of drug-likeness (QED) is 0.832. The average molecular weight is 215 g/mol. The Morgan fingerprint density at radius 2 is 1.94 bits per heavy atom. The zero-order chi connectivity index (χ0) is 11.5. The average Bonchev–Trinajstić information content (AvgIpc) is 2.33. The molecule has 1 heterocycles. The van der Waals surface area contributed by atoms with E-state index in [-0.39, 0.29) is 0 Å². The van der Waals surface area contributed by atoms with Crippen molar-refractivity contribution in [1.29, 1.82) is 0 Å². The van der Waals surface area contributed by atoms with E-state index in [1.807, 2.05) is 31.2 Å². The fraction of sp³-hybridized carbons (Fsp3) is 0.167. The molecule has 0 amide bonds.